The van der Waals surface area contributed by atoms with Crippen LogP contribution in [0.3, 0.4) is 0 Å². The van der Waals surface area contributed by atoms with Crippen molar-refractivity contribution in [1.82, 2.24) is 10.6 Å². The summed E-state index contributed by atoms with van der Waals surface area (Å²) in [5, 5.41) is 5.71. The molecule has 1 saturated carbocycles. The van der Waals surface area contributed by atoms with Crippen molar-refractivity contribution in [2.45, 2.75) is 64.5 Å². The molecule has 2 amide bonds. The molecule has 1 aliphatic rings. The van der Waals surface area contributed by atoms with Crippen LogP contribution >= 0.6 is 0 Å². The van der Waals surface area contributed by atoms with E-state index in [0.717, 1.165) is 38.5 Å². The molecular formula is C14H26N2O4. The molecule has 0 saturated heterocycles. The van der Waals surface area contributed by atoms with E-state index in [0.29, 0.717) is 13.2 Å². The van der Waals surface area contributed by atoms with Gasteiger partial charge in [0.25, 0.3) is 0 Å². The van der Waals surface area contributed by atoms with Crippen LogP contribution in [0, 0.1) is 0 Å². The van der Waals surface area contributed by atoms with Crippen molar-refractivity contribution in [1.29, 1.82) is 0 Å². The molecule has 1 fully saturated rings. The van der Waals surface area contributed by atoms with E-state index in [1.807, 2.05) is 13.8 Å². The summed E-state index contributed by atoms with van der Waals surface area (Å²) in [6, 6.07) is 0.285. The maximum atomic E-state index is 11.4. The zero-order chi connectivity index (χ0) is 14.8. The number of ether oxygens (including phenoxy) is 2. The monoisotopic (exact) mass is 286 g/mol. The third-order valence-corrected chi connectivity index (χ3v) is 3.25. The molecule has 0 aromatic rings. The Morgan fingerprint density at radius 3 is 1.50 bits per heavy atom. The van der Waals surface area contributed by atoms with Gasteiger partial charge in [-0.3, -0.25) is 0 Å². The highest BCUT2D eigenvalue weighted by Crippen LogP contribution is 2.18. The molecule has 6 heteroatoms. The number of nitrogens with one attached hydrogen (secondary N) is 2. The summed E-state index contributed by atoms with van der Waals surface area (Å²) in [6.07, 6.45) is 4.35. The van der Waals surface area contributed by atoms with Gasteiger partial charge in [0, 0.05) is 12.1 Å². The Morgan fingerprint density at radius 1 is 0.850 bits per heavy atom. The van der Waals surface area contributed by atoms with Gasteiger partial charge in [0.2, 0.25) is 0 Å². The van der Waals surface area contributed by atoms with Crippen LogP contribution < -0.4 is 10.6 Å². The highest BCUT2D eigenvalue weighted by molar-refractivity contribution is 5.68. The molecule has 0 aromatic heterocycles. The number of hydrogen-bond acceptors (Lipinski definition) is 4. The van der Waals surface area contributed by atoms with E-state index >= 15 is 0 Å². The Morgan fingerprint density at radius 2 is 1.20 bits per heavy atom. The van der Waals surface area contributed by atoms with Gasteiger partial charge in [-0.05, 0) is 38.5 Å². The molecule has 0 heterocycles. The second-order valence-corrected chi connectivity index (χ2v) is 5.11. The number of amides is 2. The quantitative estimate of drug-likeness (QED) is 0.786. The van der Waals surface area contributed by atoms with Gasteiger partial charge in [-0.2, -0.15) is 0 Å². The second kappa shape index (κ2) is 9.44. The first kappa shape index (κ1) is 16.6. The van der Waals surface area contributed by atoms with Gasteiger partial charge in [0.1, 0.15) is 0 Å². The van der Waals surface area contributed by atoms with Crippen molar-refractivity contribution in [3.63, 3.8) is 0 Å². The van der Waals surface area contributed by atoms with Crippen molar-refractivity contribution in [3.8, 4) is 0 Å². The van der Waals surface area contributed by atoms with Crippen molar-refractivity contribution >= 4 is 12.2 Å². The minimum atomic E-state index is -0.342. The molecular weight excluding hydrogens is 260 g/mol. The van der Waals surface area contributed by atoms with Gasteiger partial charge in [-0.1, -0.05) is 13.8 Å². The molecule has 0 bridgehead atoms. The maximum absolute atomic E-state index is 11.4. The molecule has 20 heavy (non-hydrogen) atoms. The number of alkyl carbamates (subject to hydrolysis) is 2. The molecule has 1 rings (SSSR count). The zero-order valence-electron chi connectivity index (χ0n) is 12.4. The molecule has 0 aliphatic heterocycles. The number of hydrogen-bond donors (Lipinski definition) is 2. The first-order valence-corrected chi connectivity index (χ1v) is 7.52. The molecule has 2 N–H and O–H groups in total. The van der Waals surface area contributed by atoms with Gasteiger partial charge in [-0.25, -0.2) is 9.59 Å². The lowest BCUT2D eigenvalue weighted by atomic mass is 9.91. The minimum Gasteiger partial charge on any atom is -0.450 e. The highest BCUT2D eigenvalue weighted by Gasteiger charge is 2.24. The average Bonchev–Trinajstić information content (AvgIpc) is 2.45. The Kier molecular flexibility index (Phi) is 7.84. The Balaban J connectivity index is 2.16. The summed E-state index contributed by atoms with van der Waals surface area (Å²) < 4.78 is 9.98. The van der Waals surface area contributed by atoms with E-state index in [4.69, 9.17) is 9.47 Å². The lowest BCUT2D eigenvalue weighted by molar-refractivity contribution is 0.131. The van der Waals surface area contributed by atoms with Crippen LogP contribution in [-0.4, -0.2) is 37.5 Å². The van der Waals surface area contributed by atoms with E-state index in [1.165, 1.54) is 0 Å². The van der Waals surface area contributed by atoms with Gasteiger partial charge in [0.15, 0.2) is 0 Å². The molecule has 1 aliphatic carbocycles. The molecule has 0 spiro atoms. The highest BCUT2D eigenvalue weighted by atomic mass is 16.6. The van der Waals surface area contributed by atoms with Gasteiger partial charge >= 0.3 is 12.2 Å². The van der Waals surface area contributed by atoms with E-state index in [1.54, 1.807) is 0 Å². The van der Waals surface area contributed by atoms with Crippen molar-refractivity contribution in [3.05, 3.63) is 0 Å². The maximum Gasteiger partial charge on any atom is 0.407 e. The van der Waals surface area contributed by atoms with Crippen LogP contribution in [-0.2, 0) is 9.47 Å². The predicted molar refractivity (Wildman–Crippen MR) is 75.6 cm³/mol. The summed E-state index contributed by atoms with van der Waals surface area (Å²) in [5.74, 6) is 0. The standard InChI is InChI=1S/C14H26N2O4/c1-3-9-19-13(17)15-11-5-7-12(8-6-11)16-14(18)20-10-4-2/h11-12H,3-10H2,1-2H3,(H,15,17)(H,16,18). The van der Waals surface area contributed by atoms with Gasteiger partial charge < -0.3 is 20.1 Å². The first-order valence-electron chi connectivity index (χ1n) is 7.52. The first-order chi connectivity index (χ1) is 9.65. The summed E-state index contributed by atoms with van der Waals surface area (Å²) in [4.78, 5) is 22.8. The minimum absolute atomic E-state index is 0.143. The summed E-state index contributed by atoms with van der Waals surface area (Å²) in [6.45, 7) is 4.82. The lowest BCUT2D eigenvalue weighted by Gasteiger charge is -2.29. The van der Waals surface area contributed by atoms with Crippen LogP contribution in [0.4, 0.5) is 9.59 Å². The van der Waals surface area contributed by atoms with Crippen LogP contribution in [0.5, 0.6) is 0 Å². The largest absolute Gasteiger partial charge is 0.450 e. The number of carbonyl (C=O) groups is 2. The number of rotatable bonds is 6. The fourth-order valence-electron chi connectivity index (χ4n) is 2.19. The van der Waals surface area contributed by atoms with Gasteiger partial charge in [-0.15, -0.1) is 0 Å². The van der Waals surface area contributed by atoms with E-state index in [2.05, 4.69) is 10.6 Å². The Hall–Kier alpha value is -1.46. The van der Waals surface area contributed by atoms with Crippen LogP contribution in [0.1, 0.15) is 52.4 Å². The molecule has 0 radical (unpaired) electrons. The molecule has 116 valence electrons. The fourth-order valence-corrected chi connectivity index (χ4v) is 2.19. The third kappa shape index (κ3) is 6.63. The van der Waals surface area contributed by atoms with Gasteiger partial charge in [0.05, 0.1) is 13.2 Å². The SMILES string of the molecule is CCCOC(=O)NC1CCC(NC(=O)OCCC)CC1. The van der Waals surface area contributed by atoms with Crippen molar-refractivity contribution in [2.75, 3.05) is 13.2 Å². The Labute approximate surface area is 120 Å². The summed E-state index contributed by atoms with van der Waals surface area (Å²) in [7, 11) is 0. The molecule has 0 aromatic carbocycles. The average molecular weight is 286 g/mol. The van der Waals surface area contributed by atoms with Crippen LogP contribution in [0.15, 0.2) is 0 Å². The zero-order valence-corrected chi connectivity index (χ0v) is 12.4. The van der Waals surface area contributed by atoms with E-state index in [-0.39, 0.29) is 24.3 Å². The number of carbonyl (C=O) groups excluding carboxylic acids is 2. The molecule has 0 atom stereocenters. The second-order valence-electron chi connectivity index (χ2n) is 5.11. The fraction of sp³-hybridized carbons (Fsp3) is 0.857. The van der Waals surface area contributed by atoms with Crippen molar-refractivity contribution < 1.29 is 19.1 Å². The van der Waals surface area contributed by atoms with E-state index in [9.17, 15) is 9.59 Å². The lowest BCUT2D eigenvalue weighted by Crippen LogP contribution is -2.44. The summed E-state index contributed by atoms with van der Waals surface area (Å²) >= 11 is 0. The van der Waals surface area contributed by atoms with E-state index < -0.39 is 0 Å². The molecule has 6 nitrogen and oxygen atoms in total. The smallest absolute Gasteiger partial charge is 0.407 e. The Bertz CT molecular complexity index is 272. The third-order valence-electron chi connectivity index (χ3n) is 3.25. The molecule has 0 unspecified atom stereocenters. The topological polar surface area (TPSA) is 76.7 Å². The normalized spacial score (nSPS) is 21.9. The summed E-state index contributed by atoms with van der Waals surface area (Å²) in [5.41, 5.74) is 0. The predicted octanol–water partition coefficient (Wildman–Crippen LogP) is 2.57. The van der Waals surface area contributed by atoms with Crippen LogP contribution in [0.25, 0.3) is 0 Å². The van der Waals surface area contributed by atoms with Crippen molar-refractivity contribution in [2.24, 2.45) is 0 Å². The van der Waals surface area contributed by atoms with Crippen LogP contribution in [0.2, 0.25) is 0 Å².